The summed E-state index contributed by atoms with van der Waals surface area (Å²) in [5, 5.41) is 3.62. The second-order valence-corrected chi connectivity index (χ2v) is 6.30. The highest BCUT2D eigenvalue weighted by Gasteiger charge is 2.31. The molecule has 0 unspecified atom stereocenters. The third-order valence-corrected chi connectivity index (χ3v) is 3.19. The highest BCUT2D eigenvalue weighted by Crippen LogP contribution is 2.17. The molecule has 0 bridgehead atoms. The Morgan fingerprint density at radius 1 is 1.50 bits per heavy atom. The fraction of sp³-hybridized carbons (Fsp3) is 0.571. The van der Waals surface area contributed by atoms with Crippen LogP contribution in [-0.4, -0.2) is 40.7 Å². The predicted octanol–water partition coefficient (Wildman–Crippen LogP) is 2.44. The van der Waals surface area contributed by atoms with E-state index < -0.39 is 5.60 Å². The first-order valence-corrected chi connectivity index (χ1v) is 7.04. The van der Waals surface area contributed by atoms with E-state index in [2.05, 4.69) is 10.3 Å². The summed E-state index contributed by atoms with van der Waals surface area (Å²) in [6, 6.07) is 3.77. The van der Waals surface area contributed by atoms with Gasteiger partial charge in [-0.2, -0.15) is 0 Å². The van der Waals surface area contributed by atoms with Gasteiger partial charge in [0.25, 0.3) is 0 Å². The molecule has 1 amide bonds. The zero-order chi connectivity index (χ0) is 14.8. The first-order valence-electron chi connectivity index (χ1n) is 6.66. The summed E-state index contributed by atoms with van der Waals surface area (Å²) in [4.78, 5) is 18.1. The van der Waals surface area contributed by atoms with Crippen molar-refractivity contribution in [1.82, 2.24) is 15.2 Å². The summed E-state index contributed by atoms with van der Waals surface area (Å²) in [6.07, 6.45) is 1.39. The van der Waals surface area contributed by atoms with Crippen LogP contribution in [0, 0.1) is 0 Å². The second kappa shape index (κ2) is 5.97. The number of aromatic nitrogens is 1. The van der Waals surface area contributed by atoms with Crippen molar-refractivity contribution >= 4 is 17.7 Å². The van der Waals surface area contributed by atoms with Crippen LogP contribution in [0.2, 0.25) is 5.15 Å². The van der Waals surface area contributed by atoms with E-state index in [1.807, 2.05) is 26.8 Å². The summed E-state index contributed by atoms with van der Waals surface area (Å²) in [6.45, 7) is 7.66. The highest BCUT2D eigenvalue weighted by molar-refractivity contribution is 6.29. The number of carbonyl (C=O) groups is 1. The van der Waals surface area contributed by atoms with E-state index in [0.29, 0.717) is 11.7 Å². The van der Waals surface area contributed by atoms with Gasteiger partial charge in [0.1, 0.15) is 10.8 Å². The van der Waals surface area contributed by atoms with Crippen molar-refractivity contribution in [2.45, 2.75) is 39.0 Å². The van der Waals surface area contributed by atoms with Crippen LogP contribution in [-0.2, 0) is 11.3 Å². The van der Waals surface area contributed by atoms with Crippen LogP contribution in [0.3, 0.4) is 0 Å². The smallest absolute Gasteiger partial charge is 0.410 e. The van der Waals surface area contributed by atoms with Gasteiger partial charge < -0.3 is 10.1 Å². The first kappa shape index (κ1) is 15.1. The molecule has 0 radical (unpaired) electrons. The normalized spacial score (nSPS) is 15.6. The Morgan fingerprint density at radius 2 is 2.20 bits per heavy atom. The minimum absolute atomic E-state index is 0.167. The molecule has 6 heteroatoms. The quantitative estimate of drug-likeness (QED) is 0.871. The lowest BCUT2D eigenvalue weighted by molar-refractivity contribution is 0.00805. The third kappa shape index (κ3) is 4.08. The molecule has 0 saturated carbocycles. The van der Waals surface area contributed by atoms with Crippen molar-refractivity contribution in [1.29, 1.82) is 0 Å². The molecule has 110 valence electrons. The number of hydrogen-bond acceptors (Lipinski definition) is 4. The number of amides is 1. The SMILES string of the molecule is CC(C)(C)OC(=O)N(Cc1ccc(Cl)nc1)C1CNC1. The molecule has 1 fully saturated rings. The molecule has 1 aromatic rings. The van der Waals surface area contributed by atoms with Crippen LogP contribution >= 0.6 is 11.6 Å². The van der Waals surface area contributed by atoms with Crippen molar-refractivity contribution in [3.8, 4) is 0 Å². The molecule has 2 rings (SSSR count). The Bertz CT molecular complexity index is 466. The molecule has 0 aromatic carbocycles. The average Bonchev–Trinajstić information content (AvgIpc) is 2.26. The van der Waals surface area contributed by atoms with Crippen molar-refractivity contribution in [3.05, 3.63) is 29.0 Å². The summed E-state index contributed by atoms with van der Waals surface area (Å²) >= 11 is 5.77. The summed E-state index contributed by atoms with van der Waals surface area (Å²) in [5.74, 6) is 0. The minimum atomic E-state index is -0.495. The monoisotopic (exact) mass is 297 g/mol. The molecule has 1 saturated heterocycles. The summed E-state index contributed by atoms with van der Waals surface area (Å²) < 4.78 is 5.47. The van der Waals surface area contributed by atoms with Crippen LogP contribution in [0.25, 0.3) is 0 Å². The van der Waals surface area contributed by atoms with Crippen molar-refractivity contribution in [3.63, 3.8) is 0 Å². The number of hydrogen-bond donors (Lipinski definition) is 1. The molecule has 1 aliphatic heterocycles. The second-order valence-electron chi connectivity index (χ2n) is 5.91. The largest absolute Gasteiger partial charge is 0.444 e. The van der Waals surface area contributed by atoms with E-state index in [1.165, 1.54) is 0 Å². The maximum Gasteiger partial charge on any atom is 0.410 e. The predicted molar refractivity (Wildman–Crippen MR) is 77.7 cm³/mol. The zero-order valence-electron chi connectivity index (χ0n) is 12.0. The number of halogens is 1. The fourth-order valence-corrected chi connectivity index (χ4v) is 1.97. The van der Waals surface area contributed by atoms with Crippen molar-refractivity contribution in [2.75, 3.05) is 13.1 Å². The van der Waals surface area contributed by atoms with Gasteiger partial charge in [-0.25, -0.2) is 9.78 Å². The third-order valence-electron chi connectivity index (χ3n) is 2.97. The molecular formula is C14H20ClN3O2. The lowest BCUT2D eigenvalue weighted by Gasteiger charge is -2.38. The standard InChI is InChI=1S/C14H20ClN3O2/c1-14(2,3)20-13(19)18(11-7-16-8-11)9-10-4-5-12(15)17-6-10/h4-6,11,16H,7-9H2,1-3H3. The Balaban J connectivity index is 2.07. The number of nitrogens with zero attached hydrogens (tertiary/aromatic N) is 2. The van der Waals surface area contributed by atoms with Gasteiger partial charge in [0, 0.05) is 19.3 Å². The van der Waals surface area contributed by atoms with Gasteiger partial charge in [0.15, 0.2) is 0 Å². The van der Waals surface area contributed by atoms with E-state index in [1.54, 1.807) is 17.2 Å². The Hall–Kier alpha value is -1.33. The van der Waals surface area contributed by atoms with Crippen LogP contribution in [0.5, 0.6) is 0 Å². The zero-order valence-corrected chi connectivity index (χ0v) is 12.8. The van der Waals surface area contributed by atoms with Crippen LogP contribution < -0.4 is 5.32 Å². The molecule has 2 heterocycles. The lowest BCUT2D eigenvalue weighted by Crippen LogP contribution is -2.59. The van der Waals surface area contributed by atoms with Gasteiger partial charge in [-0.05, 0) is 32.4 Å². The van der Waals surface area contributed by atoms with Gasteiger partial charge in [-0.15, -0.1) is 0 Å². The van der Waals surface area contributed by atoms with E-state index in [9.17, 15) is 4.79 Å². The summed E-state index contributed by atoms with van der Waals surface area (Å²) in [7, 11) is 0. The first-order chi connectivity index (χ1) is 9.35. The molecule has 1 aliphatic rings. The van der Waals surface area contributed by atoms with Gasteiger partial charge in [0.05, 0.1) is 12.6 Å². The maximum atomic E-state index is 12.3. The highest BCUT2D eigenvalue weighted by atomic mass is 35.5. The Morgan fingerprint density at radius 3 is 2.65 bits per heavy atom. The van der Waals surface area contributed by atoms with E-state index in [4.69, 9.17) is 16.3 Å². The number of nitrogens with one attached hydrogen (secondary N) is 1. The Labute approximate surface area is 124 Å². The maximum absolute atomic E-state index is 12.3. The molecule has 0 atom stereocenters. The lowest BCUT2D eigenvalue weighted by atomic mass is 10.1. The topological polar surface area (TPSA) is 54.5 Å². The molecule has 1 N–H and O–H groups in total. The number of rotatable bonds is 3. The molecule has 0 spiro atoms. The minimum Gasteiger partial charge on any atom is -0.444 e. The van der Waals surface area contributed by atoms with E-state index in [-0.39, 0.29) is 12.1 Å². The molecule has 20 heavy (non-hydrogen) atoms. The van der Waals surface area contributed by atoms with E-state index >= 15 is 0 Å². The van der Waals surface area contributed by atoms with Gasteiger partial charge >= 0.3 is 6.09 Å². The molecule has 1 aromatic heterocycles. The number of pyridine rings is 1. The van der Waals surface area contributed by atoms with Crippen LogP contribution in [0.4, 0.5) is 4.79 Å². The molecule has 5 nitrogen and oxygen atoms in total. The Kier molecular flexibility index (Phi) is 4.50. The van der Waals surface area contributed by atoms with Crippen molar-refractivity contribution < 1.29 is 9.53 Å². The number of ether oxygens (including phenoxy) is 1. The molecule has 0 aliphatic carbocycles. The van der Waals surface area contributed by atoms with E-state index in [0.717, 1.165) is 18.7 Å². The average molecular weight is 298 g/mol. The van der Waals surface area contributed by atoms with Crippen molar-refractivity contribution in [2.24, 2.45) is 0 Å². The number of carbonyl (C=O) groups excluding carboxylic acids is 1. The van der Waals surface area contributed by atoms with Crippen LogP contribution in [0.1, 0.15) is 26.3 Å². The van der Waals surface area contributed by atoms with Gasteiger partial charge in [-0.3, -0.25) is 4.90 Å². The van der Waals surface area contributed by atoms with Crippen LogP contribution in [0.15, 0.2) is 18.3 Å². The van der Waals surface area contributed by atoms with Gasteiger partial charge in [-0.1, -0.05) is 17.7 Å². The summed E-state index contributed by atoms with van der Waals surface area (Å²) in [5.41, 5.74) is 0.442. The van der Waals surface area contributed by atoms with Gasteiger partial charge in [0.2, 0.25) is 0 Å². The molecular weight excluding hydrogens is 278 g/mol. The fourth-order valence-electron chi connectivity index (χ4n) is 1.85.